The maximum absolute atomic E-state index is 9.49. The van der Waals surface area contributed by atoms with Crippen molar-refractivity contribution in [3.05, 3.63) is 40.5 Å². The van der Waals surface area contributed by atoms with Gasteiger partial charge in [-0.15, -0.1) is 0 Å². The van der Waals surface area contributed by atoms with Crippen molar-refractivity contribution in [1.82, 2.24) is 10.5 Å². The fourth-order valence-corrected chi connectivity index (χ4v) is 1.58. The number of aliphatic hydroxyl groups excluding tert-OH is 1. The number of benzene rings is 1. The van der Waals surface area contributed by atoms with E-state index in [2.05, 4.69) is 26.4 Å². The van der Waals surface area contributed by atoms with Gasteiger partial charge in [-0.3, -0.25) is 5.32 Å². The summed E-state index contributed by atoms with van der Waals surface area (Å²) in [7, 11) is 1.65. The van der Waals surface area contributed by atoms with Crippen molar-refractivity contribution >= 4 is 15.9 Å². The molecule has 0 aliphatic carbocycles. The third kappa shape index (κ3) is 2.32. The van der Waals surface area contributed by atoms with Crippen LogP contribution in [-0.4, -0.2) is 17.3 Å². The Labute approximate surface area is 101 Å². The Morgan fingerprint density at radius 2 is 2.06 bits per heavy atom. The standard InChI is InChI=1S/C11H11BrN2O2/c1-13-11(15)9-6-10(16-14-9)7-2-4-8(12)5-3-7/h2-6,11,13,15H,1H3. The van der Waals surface area contributed by atoms with Crippen molar-refractivity contribution in [3.8, 4) is 11.3 Å². The summed E-state index contributed by atoms with van der Waals surface area (Å²) in [5, 5.41) is 16.0. The smallest absolute Gasteiger partial charge is 0.167 e. The van der Waals surface area contributed by atoms with E-state index in [1.165, 1.54) is 0 Å². The monoisotopic (exact) mass is 282 g/mol. The van der Waals surface area contributed by atoms with Crippen LogP contribution in [0.3, 0.4) is 0 Å². The molecule has 0 aliphatic rings. The summed E-state index contributed by atoms with van der Waals surface area (Å²) in [5.41, 5.74) is 1.39. The van der Waals surface area contributed by atoms with Gasteiger partial charge in [0.2, 0.25) is 0 Å². The van der Waals surface area contributed by atoms with Crippen molar-refractivity contribution in [2.45, 2.75) is 6.23 Å². The van der Waals surface area contributed by atoms with Crippen LogP contribution in [0.5, 0.6) is 0 Å². The predicted molar refractivity (Wildman–Crippen MR) is 63.7 cm³/mol. The van der Waals surface area contributed by atoms with Gasteiger partial charge in [-0.05, 0) is 19.2 Å². The fraction of sp³-hybridized carbons (Fsp3) is 0.182. The molecule has 16 heavy (non-hydrogen) atoms. The second-order valence-corrected chi connectivity index (χ2v) is 4.23. The van der Waals surface area contributed by atoms with E-state index in [0.29, 0.717) is 11.5 Å². The van der Waals surface area contributed by atoms with Crippen LogP contribution < -0.4 is 5.32 Å². The number of rotatable bonds is 3. The zero-order valence-corrected chi connectivity index (χ0v) is 10.2. The van der Waals surface area contributed by atoms with Crippen LogP contribution in [0.15, 0.2) is 39.3 Å². The lowest BCUT2D eigenvalue weighted by atomic mass is 10.1. The number of hydrogen-bond acceptors (Lipinski definition) is 4. The van der Waals surface area contributed by atoms with Crippen LogP contribution in [0.2, 0.25) is 0 Å². The Hall–Kier alpha value is -1.17. The van der Waals surface area contributed by atoms with Gasteiger partial charge in [0, 0.05) is 16.1 Å². The lowest BCUT2D eigenvalue weighted by molar-refractivity contribution is 0.140. The second kappa shape index (κ2) is 4.78. The van der Waals surface area contributed by atoms with Crippen molar-refractivity contribution in [2.75, 3.05) is 7.05 Å². The molecule has 1 atom stereocenters. The number of halogens is 1. The molecule has 5 heteroatoms. The molecule has 0 aliphatic heterocycles. The SMILES string of the molecule is CNC(O)c1cc(-c2ccc(Br)cc2)on1. The molecule has 2 aromatic rings. The van der Waals surface area contributed by atoms with Crippen molar-refractivity contribution in [2.24, 2.45) is 0 Å². The topological polar surface area (TPSA) is 58.3 Å². The van der Waals surface area contributed by atoms with Crippen LogP contribution in [0, 0.1) is 0 Å². The van der Waals surface area contributed by atoms with Gasteiger partial charge < -0.3 is 9.63 Å². The van der Waals surface area contributed by atoms with Gasteiger partial charge in [0.05, 0.1) is 0 Å². The molecule has 1 aromatic heterocycles. The van der Waals surface area contributed by atoms with E-state index in [9.17, 15) is 5.11 Å². The number of hydrogen-bond donors (Lipinski definition) is 2. The minimum atomic E-state index is -0.798. The summed E-state index contributed by atoms with van der Waals surface area (Å²) in [6.07, 6.45) is -0.798. The Morgan fingerprint density at radius 3 is 2.69 bits per heavy atom. The Kier molecular flexibility index (Phi) is 3.38. The van der Waals surface area contributed by atoms with Crippen LogP contribution in [0.25, 0.3) is 11.3 Å². The van der Waals surface area contributed by atoms with Crippen molar-refractivity contribution < 1.29 is 9.63 Å². The second-order valence-electron chi connectivity index (χ2n) is 3.31. The lowest BCUT2D eigenvalue weighted by Gasteiger charge is -2.01. The van der Waals surface area contributed by atoms with E-state index in [4.69, 9.17) is 4.52 Å². The largest absolute Gasteiger partial charge is 0.373 e. The van der Waals surface area contributed by atoms with Gasteiger partial charge >= 0.3 is 0 Å². The maximum atomic E-state index is 9.49. The molecule has 2 N–H and O–H groups in total. The summed E-state index contributed by atoms with van der Waals surface area (Å²) in [6.45, 7) is 0. The molecule has 1 unspecified atom stereocenters. The van der Waals surface area contributed by atoms with Gasteiger partial charge in [0.25, 0.3) is 0 Å². The zero-order valence-electron chi connectivity index (χ0n) is 8.64. The van der Waals surface area contributed by atoms with Gasteiger partial charge in [-0.1, -0.05) is 33.2 Å². The van der Waals surface area contributed by atoms with E-state index in [1.807, 2.05) is 24.3 Å². The summed E-state index contributed by atoms with van der Waals surface area (Å²) in [6, 6.07) is 9.39. The Morgan fingerprint density at radius 1 is 1.38 bits per heavy atom. The van der Waals surface area contributed by atoms with Crippen LogP contribution in [-0.2, 0) is 0 Å². The quantitative estimate of drug-likeness (QED) is 0.849. The average Bonchev–Trinajstić information content (AvgIpc) is 2.78. The molecule has 0 spiro atoms. The molecule has 0 saturated heterocycles. The van der Waals surface area contributed by atoms with E-state index < -0.39 is 6.23 Å². The number of nitrogens with zero attached hydrogens (tertiary/aromatic N) is 1. The van der Waals surface area contributed by atoms with Crippen LogP contribution in [0.1, 0.15) is 11.9 Å². The van der Waals surface area contributed by atoms with E-state index >= 15 is 0 Å². The van der Waals surface area contributed by atoms with Crippen molar-refractivity contribution in [1.29, 1.82) is 0 Å². The lowest BCUT2D eigenvalue weighted by Crippen LogP contribution is -2.15. The van der Waals surface area contributed by atoms with Gasteiger partial charge in [0.15, 0.2) is 12.0 Å². The summed E-state index contributed by atoms with van der Waals surface area (Å²) >= 11 is 3.36. The summed E-state index contributed by atoms with van der Waals surface area (Å²) in [4.78, 5) is 0. The highest BCUT2D eigenvalue weighted by Gasteiger charge is 2.12. The van der Waals surface area contributed by atoms with Gasteiger partial charge in [0.1, 0.15) is 5.69 Å². The minimum Gasteiger partial charge on any atom is -0.373 e. The molecule has 0 fully saturated rings. The Balaban J connectivity index is 2.28. The minimum absolute atomic E-state index is 0.473. The highest BCUT2D eigenvalue weighted by molar-refractivity contribution is 9.10. The molecule has 0 amide bonds. The van der Waals surface area contributed by atoms with Crippen LogP contribution in [0.4, 0.5) is 0 Å². The summed E-state index contributed by atoms with van der Waals surface area (Å²) in [5.74, 6) is 0.636. The zero-order chi connectivity index (χ0) is 11.5. The first-order valence-corrected chi connectivity index (χ1v) is 5.58. The molecular formula is C11H11BrN2O2. The predicted octanol–water partition coefficient (Wildman–Crippen LogP) is 2.31. The molecule has 2 rings (SSSR count). The summed E-state index contributed by atoms with van der Waals surface area (Å²) < 4.78 is 6.15. The number of aliphatic hydroxyl groups is 1. The number of nitrogens with one attached hydrogen (secondary N) is 1. The van der Waals surface area contributed by atoms with Gasteiger partial charge in [-0.25, -0.2) is 0 Å². The van der Waals surface area contributed by atoms with E-state index in [-0.39, 0.29) is 0 Å². The van der Waals surface area contributed by atoms with Gasteiger partial charge in [-0.2, -0.15) is 0 Å². The molecule has 84 valence electrons. The van der Waals surface area contributed by atoms with Crippen LogP contribution >= 0.6 is 15.9 Å². The first-order valence-electron chi connectivity index (χ1n) is 4.78. The highest BCUT2D eigenvalue weighted by Crippen LogP contribution is 2.23. The molecule has 4 nitrogen and oxygen atoms in total. The Bertz CT molecular complexity index is 467. The van der Waals surface area contributed by atoms with Crippen molar-refractivity contribution in [3.63, 3.8) is 0 Å². The van der Waals surface area contributed by atoms with E-state index in [1.54, 1.807) is 13.1 Å². The first kappa shape index (κ1) is 11.3. The molecule has 0 saturated carbocycles. The molecule has 0 bridgehead atoms. The average molecular weight is 283 g/mol. The maximum Gasteiger partial charge on any atom is 0.167 e. The molecule has 0 radical (unpaired) electrons. The van der Waals surface area contributed by atoms with E-state index in [0.717, 1.165) is 10.0 Å². The fourth-order valence-electron chi connectivity index (χ4n) is 1.32. The molecule has 1 heterocycles. The molecular weight excluding hydrogens is 272 g/mol. The number of aromatic nitrogens is 1. The third-order valence-electron chi connectivity index (χ3n) is 2.21. The molecule has 1 aromatic carbocycles. The normalized spacial score (nSPS) is 12.7. The highest BCUT2D eigenvalue weighted by atomic mass is 79.9. The third-order valence-corrected chi connectivity index (χ3v) is 2.74. The first-order chi connectivity index (χ1) is 7.70.